The number of unbranched alkanes of at least 4 members (excludes halogenated alkanes) is 8. The fourth-order valence-corrected chi connectivity index (χ4v) is 3.13. The molecule has 0 aromatic heterocycles. The fraction of sp³-hybridized carbons (Fsp3) is 0.900. The minimum Gasteiger partial charge on any atom is -0.390 e. The SMILES string of the molecule is CCCCCCCC/C=C/CCCCC(O)C1(OCC)CC1. The molecule has 1 N–H and O–H groups in total. The Balaban J connectivity index is 1.87. The van der Waals surface area contributed by atoms with Gasteiger partial charge in [-0.3, -0.25) is 0 Å². The van der Waals surface area contributed by atoms with Gasteiger partial charge in [0, 0.05) is 6.61 Å². The number of aliphatic hydroxyl groups is 1. The molecule has 0 amide bonds. The zero-order chi connectivity index (χ0) is 16.1. The number of hydrogen-bond acceptors (Lipinski definition) is 2. The van der Waals surface area contributed by atoms with Gasteiger partial charge in [0.2, 0.25) is 0 Å². The van der Waals surface area contributed by atoms with Crippen molar-refractivity contribution in [1.29, 1.82) is 0 Å². The molecule has 0 bridgehead atoms. The van der Waals surface area contributed by atoms with E-state index in [2.05, 4.69) is 19.1 Å². The van der Waals surface area contributed by atoms with Crippen molar-refractivity contribution in [3.05, 3.63) is 12.2 Å². The van der Waals surface area contributed by atoms with Crippen LogP contribution in [0.5, 0.6) is 0 Å². The van der Waals surface area contributed by atoms with E-state index in [-0.39, 0.29) is 11.7 Å². The van der Waals surface area contributed by atoms with Crippen LogP contribution in [0.3, 0.4) is 0 Å². The van der Waals surface area contributed by atoms with Gasteiger partial charge in [0.15, 0.2) is 0 Å². The summed E-state index contributed by atoms with van der Waals surface area (Å²) in [5.41, 5.74) is -0.164. The zero-order valence-electron chi connectivity index (χ0n) is 15.0. The summed E-state index contributed by atoms with van der Waals surface area (Å²) < 4.78 is 5.70. The summed E-state index contributed by atoms with van der Waals surface area (Å²) in [5, 5.41) is 10.2. The summed E-state index contributed by atoms with van der Waals surface area (Å²) in [4.78, 5) is 0. The second kappa shape index (κ2) is 12.1. The van der Waals surface area contributed by atoms with Crippen molar-refractivity contribution >= 4 is 0 Å². The van der Waals surface area contributed by atoms with Crippen LogP contribution in [0.2, 0.25) is 0 Å². The minimum atomic E-state index is -0.250. The highest BCUT2D eigenvalue weighted by Crippen LogP contribution is 2.44. The van der Waals surface area contributed by atoms with E-state index in [0.717, 1.165) is 38.7 Å². The molecule has 1 saturated carbocycles. The van der Waals surface area contributed by atoms with Gasteiger partial charge in [0.1, 0.15) is 0 Å². The van der Waals surface area contributed by atoms with E-state index in [9.17, 15) is 5.11 Å². The first kappa shape index (κ1) is 19.7. The van der Waals surface area contributed by atoms with Crippen molar-refractivity contribution in [2.75, 3.05) is 6.61 Å². The first-order valence-electron chi connectivity index (χ1n) is 9.72. The average Bonchev–Trinajstić information content (AvgIpc) is 3.29. The van der Waals surface area contributed by atoms with Crippen LogP contribution in [0.4, 0.5) is 0 Å². The molecule has 0 aliphatic heterocycles. The maximum Gasteiger partial charge on any atom is 0.0942 e. The molecule has 1 aliphatic carbocycles. The minimum absolute atomic E-state index is 0.164. The summed E-state index contributed by atoms with van der Waals surface area (Å²) >= 11 is 0. The summed E-state index contributed by atoms with van der Waals surface area (Å²) in [6.07, 6.45) is 20.4. The van der Waals surface area contributed by atoms with E-state index >= 15 is 0 Å². The highest BCUT2D eigenvalue weighted by atomic mass is 16.5. The summed E-state index contributed by atoms with van der Waals surface area (Å²) in [7, 11) is 0. The van der Waals surface area contributed by atoms with E-state index in [1.165, 1.54) is 51.4 Å². The fourth-order valence-electron chi connectivity index (χ4n) is 3.13. The molecule has 0 aromatic carbocycles. The summed E-state index contributed by atoms with van der Waals surface area (Å²) in [6.45, 7) is 5.00. The Hall–Kier alpha value is -0.340. The second-order valence-electron chi connectivity index (χ2n) is 6.83. The van der Waals surface area contributed by atoms with Crippen LogP contribution in [-0.4, -0.2) is 23.4 Å². The van der Waals surface area contributed by atoms with E-state index in [1.807, 2.05) is 6.92 Å². The first-order chi connectivity index (χ1) is 10.7. The zero-order valence-corrected chi connectivity index (χ0v) is 15.0. The van der Waals surface area contributed by atoms with Crippen molar-refractivity contribution in [3.8, 4) is 0 Å². The Morgan fingerprint density at radius 1 is 0.909 bits per heavy atom. The molecule has 0 spiro atoms. The van der Waals surface area contributed by atoms with Gasteiger partial charge in [-0.15, -0.1) is 0 Å². The monoisotopic (exact) mass is 310 g/mol. The smallest absolute Gasteiger partial charge is 0.0942 e. The van der Waals surface area contributed by atoms with Crippen molar-refractivity contribution < 1.29 is 9.84 Å². The van der Waals surface area contributed by atoms with E-state index in [4.69, 9.17) is 4.74 Å². The van der Waals surface area contributed by atoms with E-state index in [1.54, 1.807) is 0 Å². The van der Waals surface area contributed by atoms with Gasteiger partial charge < -0.3 is 9.84 Å². The molecular formula is C20H38O2. The van der Waals surface area contributed by atoms with Gasteiger partial charge in [-0.05, 0) is 51.9 Å². The molecule has 2 nitrogen and oxygen atoms in total. The standard InChI is InChI=1S/C20H38O2/c1-3-5-6-7-8-9-10-11-12-13-14-15-16-19(21)20(17-18-20)22-4-2/h11-12,19,21H,3-10,13-18H2,1-2H3/b12-11+. The van der Waals surface area contributed by atoms with Crippen molar-refractivity contribution in [1.82, 2.24) is 0 Å². The van der Waals surface area contributed by atoms with Crippen LogP contribution in [0.25, 0.3) is 0 Å². The Kier molecular flexibility index (Phi) is 10.9. The third-order valence-corrected chi connectivity index (χ3v) is 4.77. The highest BCUT2D eigenvalue weighted by molar-refractivity contribution is 5.01. The molecule has 1 rings (SSSR count). The molecule has 0 aromatic rings. The highest BCUT2D eigenvalue weighted by Gasteiger charge is 2.49. The van der Waals surface area contributed by atoms with Crippen molar-refractivity contribution in [3.63, 3.8) is 0 Å². The molecule has 0 heterocycles. The Bertz CT molecular complexity index is 281. The van der Waals surface area contributed by atoms with E-state index in [0.29, 0.717) is 0 Å². The Labute approximate surface area is 138 Å². The number of aliphatic hydroxyl groups excluding tert-OH is 1. The van der Waals surface area contributed by atoms with Crippen LogP contribution < -0.4 is 0 Å². The molecule has 1 atom stereocenters. The second-order valence-corrected chi connectivity index (χ2v) is 6.83. The first-order valence-corrected chi connectivity index (χ1v) is 9.72. The lowest BCUT2D eigenvalue weighted by Gasteiger charge is -2.22. The predicted octanol–water partition coefficient (Wildman–Crippen LogP) is 5.78. The lowest BCUT2D eigenvalue weighted by Crippen LogP contribution is -2.31. The average molecular weight is 311 g/mol. The number of allylic oxidation sites excluding steroid dienone is 2. The molecule has 1 fully saturated rings. The van der Waals surface area contributed by atoms with Gasteiger partial charge in [-0.2, -0.15) is 0 Å². The molecule has 0 saturated heterocycles. The molecule has 2 heteroatoms. The molecule has 0 radical (unpaired) electrons. The third kappa shape index (κ3) is 8.33. The number of ether oxygens (including phenoxy) is 1. The van der Waals surface area contributed by atoms with E-state index < -0.39 is 0 Å². The quantitative estimate of drug-likeness (QED) is 0.307. The lowest BCUT2D eigenvalue weighted by atomic mass is 10.0. The third-order valence-electron chi connectivity index (χ3n) is 4.77. The number of hydrogen-bond donors (Lipinski definition) is 1. The Morgan fingerprint density at radius 2 is 1.50 bits per heavy atom. The van der Waals surface area contributed by atoms with Crippen LogP contribution >= 0.6 is 0 Å². The van der Waals surface area contributed by atoms with Crippen LogP contribution in [-0.2, 0) is 4.74 Å². The number of rotatable bonds is 15. The topological polar surface area (TPSA) is 29.5 Å². The largest absolute Gasteiger partial charge is 0.390 e. The summed E-state index contributed by atoms with van der Waals surface area (Å²) in [6, 6.07) is 0. The maximum absolute atomic E-state index is 10.2. The predicted molar refractivity (Wildman–Crippen MR) is 95.2 cm³/mol. The van der Waals surface area contributed by atoms with Crippen LogP contribution in [0.15, 0.2) is 12.2 Å². The summed E-state index contributed by atoms with van der Waals surface area (Å²) in [5.74, 6) is 0. The van der Waals surface area contributed by atoms with Gasteiger partial charge in [-0.1, -0.05) is 57.6 Å². The van der Waals surface area contributed by atoms with Crippen molar-refractivity contribution in [2.24, 2.45) is 0 Å². The van der Waals surface area contributed by atoms with Gasteiger partial charge in [0.05, 0.1) is 11.7 Å². The Morgan fingerprint density at radius 3 is 2.09 bits per heavy atom. The molecule has 1 aliphatic rings. The molecular weight excluding hydrogens is 272 g/mol. The van der Waals surface area contributed by atoms with Gasteiger partial charge >= 0.3 is 0 Å². The van der Waals surface area contributed by atoms with Gasteiger partial charge in [-0.25, -0.2) is 0 Å². The maximum atomic E-state index is 10.2. The molecule has 130 valence electrons. The normalized spacial score (nSPS) is 18.0. The van der Waals surface area contributed by atoms with Gasteiger partial charge in [0.25, 0.3) is 0 Å². The molecule has 1 unspecified atom stereocenters. The van der Waals surface area contributed by atoms with Crippen molar-refractivity contribution in [2.45, 2.75) is 109 Å². The lowest BCUT2D eigenvalue weighted by molar-refractivity contribution is -0.0560. The molecule has 22 heavy (non-hydrogen) atoms. The van der Waals surface area contributed by atoms with Crippen LogP contribution in [0.1, 0.15) is 97.3 Å². The van der Waals surface area contributed by atoms with Crippen LogP contribution in [0, 0.1) is 0 Å².